The first kappa shape index (κ1) is 18.8. The molecule has 8 nitrogen and oxygen atoms in total. The lowest BCUT2D eigenvalue weighted by Crippen LogP contribution is -2.34. The van der Waals surface area contributed by atoms with E-state index in [0.717, 1.165) is 58.3 Å². The molecule has 0 saturated carbocycles. The Morgan fingerprint density at radius 2 is 1.88 bits per heavy atom. The van der Waals surface area contributed by atoms with Crippen molar-refractivity contribution in [2.24, 2.45) is 5.92 Å². The number of hydrogen-bond donors (Lipinski definition) is 2. The van der Waals surface area contributed by atoms with E-state index in [9.17, 15) is 9.59 Å². The number of likely N-dealkylation sites (tertiary alicyclic amines) is 1. The maximum absolute atomic E-state index is 12.4. The Balaban J connectivity index is 1.41. The molecule has 1 aromatic rings. The molecule has 0 aromatic carbocycles. The second-order valence-electron chi connectivity index (χ2n) is 7.34. The summed E-state index contributed by atoms with van der Waals surface area (Å²) in [4.78, 5) is 30.5. The zero-order valence-electron chi connectivity index (χ0n) is 15.5. The molecule has 2 aliphatic rings. The first-order valence-corrected chi connectivity index (χ1v) is 9.88. The third-order valence-electron chi connectivity index (χ3n) is 5.28. The van der Waals surface area contributed by atoms with E-state index >= 15 is 0 Å². The van der Waals surface area contributed by atoms with Gasteiger partial charge in [-0.2, -0.15) is 0 Å². The minimum atomic E-state index is -0.0554. The van der Waals surface area contributed by atoms with Crippen molar-refractivity contribution in [3.05, 3.63) is 6.33 Å². The van der Waals surface area contributed by atoms with Crippen LogP contribution in [0.1, 0.15) is 51.4 Å². The molecule has 0 radical (unpaired) electrons. The van der Waals surface area contributed by atoms with Crippen molar-refractivity contribution in [2.45, 2.75) is 57.9 Å². The summed E-state index contributed by atoms with van der Waals surface area (Å²) in [6.45, 7) is 3.92. The van der Waals surface area contributed by atoms with Crippen LogP contribution >= 0.6 is 0 Å². The number of carbonyl (C=O) groups is 2. The highest BCUT2D eigenvalue weighted by Crippen LogP contribution is 2.18. The van der Waals surface area contributed by atoms with E-state index in [4.69, 9.17) is 0 Å². The van der Waals surface area contributed by atoms with E-state index in [2.05, 4.69) is 20.7 Å². The van der Waals surface area contributed by atoms with Crippen molar-refractivity contribution >= 4 is 17.8 Å². The Morgan fingerprint density at radius 3 is 2.62 bits per heavy atom. The highest BCUT2D eigenvalue weighted by molar-refractivity contribution is 5.88. The summed E-state index contributed by atoms with van der Waals surface area (Å²) >= 11 is 0. The molecule has 144 valence electrons. The molecular weight excluding hydrogens is 332 g/mol. The number of amides is 2. The number of nitrogens with one attached hydrogen (secondary N) is 2. The van der Waals surface area contributed by atoms with Crippen LogP contribution < -0.4 is 10.6 Å². The maximum Gasteiger partial charge on any atom is 0.248 e. The number of anilines is 1. The van der Waals surface area contributed by atoms with Crippen LogP contribution in [-0.4, -0.2) is 57.7 Å². The normalized spacial score (nSPS) is 19.2. The van der Waals surface area contributed by atoms with Crippen molar-refractivity contribution in [1.29, 1.82) is 0 Å². The third-order valence-corrected chi connectivity index (χ3v) is 5.28. The predicted molar refractivity (Wildman–Crippen MR) is 98.5 cm³/mol. The summed E-state index contributed by atoms with van der Waals surface area (Å²) in [5.74, 6) is 0.920. The van der Waals surface area contributed by atoms with Crippen LogP contribution in [0.5, 0.6) is 0 Å². The van der Waals surface area contributed by atoms with Crippen LogP contribution in [0.3, 0.4) is 0 Å². The largest absolute Gasteiger partial charge is 0.341 e. The van der Waals surface area contributed by atoms with Gasteiger partial charge in [0.15, 0.2) is 0 Å². The highest BCUT2D eigenvalue weighted by Gasteiger charge is 2.18. The molecule has 26 heavy (non-hydrogen) atoms. The molecule has 0 bridgehead atoms. The lowest BCUT2D eigenvalue weighted by molar-refractivity contribution is -0.132. The molecule has 3 rings (SSSR count). The Morgan fingerprint density at radius 1 is 1.15 bits per heavy atom. The SMILES string of the molecule is O=C(CCC1CCNCC1)Nc1ncn(CC(=O)N2CCCCCC2)n1. The highest BCUT2D eigenvalue weighted by atomic mass is 16.2. The fraction of sp³-hybridized carbons (Fsp3) is 0.778. The molecule has 2 amide bonds. The minimum Gasteiger partial charge on any atom is -0.341 e. The molecule has 2 aliphatic heterocycles. The summed E-state index contributed by atoms with van der Waals surface area (Å²) in [5, 5.41) is 10.3. The average Bonchev–Trinajstić information content (AvgIpc) is 2.91. The first-order valence-electron chi connectivity index (χ1n) is 9.88. The van der Waals surface area contributed by atoms with Gasteiger partial charge in [-0.05, 0) is 51.1 Å². The van der Waals surface area contributed by atoms with E-state index in [0.29, 0.717) is 12.3 Å². The van der Waals surface area contributed by atoms with Gasteiger partial charge in [0.05, 0.1) is 0 Å². The van der Waals surface area contributed by atoms with Gasteiger partial charge in [0, 0.05) is 19.5 Å². The molecule has 2 N–H and O–H groups in total. The van der Waals surface area contributed by atoms with Crippen molar-refractivity contribution in [1.82, 2.24) is 25.0 Å². The van der Waals surface area contributed by atoms with Crippen molar-refractivity contribution in [3.8, 4) is 0 Å². The summed E-state index contributed by atoms with van der Waals surface area (Å²) in [5.41, 5.74) is 0. The zero-order chi connectivity index (χ0) is 18.2. The summed E-state index contributed by atoms with van der Waals surface area (Å²) in [7, 11) is 0. The van der Waals surface area contributed by atoms with E-state index in [1.807, 2.05) is 4.90 Å². The number of carbonyl (C=O) groups excluding carboxylic acids is 2. The molecule has 0 spiro atoms. The number of piperidine rings is 1. The Kier molecular flexibility index (Phi) is 6.99. The molecule has 2 saturated heterocycles. The smallest absolute Gasteiger partial charge is 0.248 e. The fourth-order valence-electron chi connectivity index (χ4n) is 3.68. The second kappa shape index (κ2) is 9.66. The van der Waals surface area contributed by atoms with Crippen LogP contribution in [0.4, 0.5) is 5.95 Å². The van der Waals surface area contributed by atoms with Crippen LogP contribution in [0, 0.1) is 5.92 Å². The Labute approximate surface area is 154 Å². The standard InChI is InChI=1S/C18H30N6O2/c25-16(6-5-15-7-9-19-10-8-15)21-18-20-14-24(22-18)13-17(26)23-11-3-1-2-4-12-23/h14-15,19H,1-13H2,(H,21,22,25). The average molecular weight is 362 g/mol. The topological polar surface area (TPSA) is 92.2 Å². The lowest BCUT2D eigenvalue weighted by Gasteiger charge is -2.21. The van der Waals surface area contributed by atoms with Gasteiger partial charge in [0.1, 0.15) is 12.9 Å². The lowest BCUT2D eigenvalue weighted by atomic mass is 9.93. The van der Waals surface area contributed by atoms with Crippen molar-refractivity contribution in [2.75, 3.05) is 31.5 Å². The molecule has 1 aromatic heterocycles. The molecule has 0 aliphatic carbocycles. The number of rotatable bonds is 6. The van der Waals surface area contributed by atoms with Crippen LogP contribution in [0.15, 0.2) is 6.33 Å². The van der Waals surface area contributed by atoms with E-state index < -0.39 is 0 Å². The van der Waals surface area contributed by atoms with Crippen molar-refractivity contribution < 1.29 is 9.59 Å². The zero-order valence-corrected chi connectivity index (χ0v) is 15.5. The number of aromatic nitrogens is 3. The van der Waals surface area contributed by atoms with Gasteiger partial charge in [0.25, 0.3) is 0 Å². The summed E-state index contributed by atoms with van der Waals surface area (Å²) < 4.78 is 1.51. The molecular formula is C18H30N6O2. The maximum atomic E-state index is 12.4. The first-order chi connectivity index (χ1) is 12.7. The van der Waals surface area contributed by atoms with Crippen LogP contribution in [0.2, 0.25) is 0 Å². The van der Waals surface area contributed by atoms with Crippen molar-refractivity contribution in [3.63, 3.8) is 0 Å². The van der Waals surface area contributed by atoms with Crippen LogP contribution in [0.25, 0.3) is 0 Å². The Bertz CT molecular complexity index is 588. The molecule has 2 fully saturated rings. The van der Waals surface area contributed by atoms with Gasteiger partial charge in [-0.15, -0.1) is 5.10 Å². The van der Waals surface area contributed by atoms with Gasteiger partial charge in [-0.1, -0.05) is 12.8 Å². The predicted octanol–water partition coefficient (Wildman–Crippen LogP) is 1.40. The van der Waals surface area contributed by atoms with Gasteiger partial charge in [0.2, 0.25) is 17.8 Å². The van der Waals surface area contributed by atoms with E-state index in [1.165, 1.54) is 23.9 Å². The van der Waals surface area contributed by atoms with E-state index in [-0.39, 0.29) is 24.3 Å². The molecule has 0 unspecified atom stereocenters. The molecule has 8 heteroatoms. The Hall–Kier alpha value is -1.96. The fourth-order valence-corrected chi connectivity index (χ4v) is 3.68. The molecule has 0 atom stereocenters. The summed E-state index contributed by atoms with van der Waals surface area (Å²) in [6.07, 6.45) is 9.72. The minimum absolute atomic E-state index is 0.0554. The van der Waals surface area contributed by atoms with Gasteiger partial charge >= 0.3 is 0 Å². The van der Waals surface area contributed by atoms with Gasteiger partial charge in [-0.25, -0.2) is 9.67 Å². The second-order valence-corrected chi connectivity index (χ2v) is 7.34. The number of nitrogens with zero attached hydrogens (tertiary/aromatic N) is 4. The van der Waals surface area contributed by atoms with E-state index in [1.54, 1.807) is 0 Å². The molecule has 3 heterocycles. The van der Waals surface area contributed by atoms with Gasteiger partial charge < -0.3 is 10.2 Å². The van der Waals surface area contributed by atoms with Gasteiger partial charge in [-0.3, -0.25) is 14.9 Å². The number of hydrogen-bond acceptors (Lipinski definition) is 5. The van der Waals surface area contributed by atoms with Crippen LogP contribution in [-0.2, 0) is 16.1 Å². The quantitative estimate of drug-likeness (QED) is 0.798. The summed E-state index contributed by atoms with van der Waals surface area (Å²) in [6, 6.07) is 0. The third kappa shape index (κ3) is 5.79. The monoisotopic (exact) mass is 362 g/mol.